The first-order valence-corrected chi connectivity index (χ1v) is 6.45. The third-order valence-electron chi connectivity index (χ3n) is 3.24. The standard InChI is InChI=1S/C13H27N/c1-4-12(7-5-6-11(2)3)10-14-13-8-9-13/h11-14H,4-10H2,1-3H3. The Morgan fingerprint density at radius 1 is 1.21 bits per heavy atom. The molecule has 0 aromatic carbocycles. The lowest BCUT2D eigenvalue weighted by molar-refractivity contribution is 0.398. The zero-order valence-corrected chi connectivity index (χ0v) is 10.2. The van der Waals surface area contributed by atoms with E-state index in [1.807, 2.05) is 0 Å². The van der Waals surface area contributed by atoms with Crippen LogP contribution in [0.3, 0.4) is 0 Å². The van der Waals surface area contributed by atoms with Crippen molar-refractivity contribution < 1.29 is 0 Å². The molecule has 1 aliphatic rings. The Labute approximate surface area is 89.7 Å². The molecular weight excluding hydrogens is 170 g/mol. The minimum Gasteiger partial charge on any atom is -0.314 e. The molecule has 0 heterocycles. The maximum atomic E-state index is 3.65. The summed E-state index contributed by atoms with van der Waals surface area (Å²) in [7, 11) is 0. The summed E-state index contributed by atoms with van der Waals surface area (Å²) in [6.45, 7) is 8.24. The third-order valence-corrected chi connectivity index (χ3v) is 3.24. The molecule has 0 radical (unpaired) electrons. The normalized spacial score (nSPS) is 18.9. The van der Waals surface area contributed by atoms with E-state index in [9.17, 15) is 0 Å². The van der Waals surface area contributed by atoms with Crippen molar-refractivity contribution in [2.75, 3.05) is 6.54 Å². The van der Waals surface area contributed by atoms with Gasteiger partial charge in [-0.15, -0.1) is 0 Å². The Morgan fingerprint density at radius 2 is 1.93 bits per heavy atom. The molecule has 1 unspecified atom stereocenters. The van der Waals surface area contributed by atoms with Crippen LogP contribution in [0, 0.1) is 11.8 Å². The first-order chi connectivity index (χ1) is 6.72. The smallest absolute Gasteiger partial charge is 0.00683 e. The Morgan fingerprint density at radius 3 is 2.43 bits per heavy atom. The van der Waals surface area contributed by atoms with Gasteiger partial charge in [0.1, 0.15) is 0 Å². The van der Waals surface area contributed by atoms with E-state index in [4.69, 9.17) is 0 Å². The summed E-state index contributed by atoms with van der Waals surface area (Å²) >= 11 is 0. The van der Waals surface area contributed by atoms with Gasteiger partial charge in [0.15, 0.2) is 0 Å². The first-order valence-electron chi connectivity index (χ1n) is 6.45. The predicted octanol–water partition coefficient (Wildman–Crippen LogP) is 3.59. The van der Waals surface area contributed by atoms with E-state index in [-0.39, 0.29) is 0 Å². The van der Waals surface area contributed by atoms with Crippen LogP contribution < -0.4 is 5.32 Å². The fourth-order valence-corrected chi connectivity index (χ4v) is 1.89. The summed E-state index contributed by atoms with van der Waals surface area (Å²) < 4.78 is 0. The lowest BCUT2D eigenvalue weighted by Crippen LogP contribution is -2.24. The summed E-state index contributed by atoms with van der Waals surface area (Å²) in [5.74, 6) is 1.80. The average Bonchev–Trinajstić information content (AvgIpc) is 2.94. The van der Waals surface area contributed by atoms with E-state index in [2.05, 4.69) is 26.1 Å². The minimum atomic E-state index is 0.879. The fraction of sp³-hybridized carbons (Fsp3) is 1.00. The number of hydrogen-bond donors (Lipinski definition) is 1. The van der Waals surface area contributed by atoms with Crippen molar-refractivity contribution in [1.29, 1.82) is 0 Å². The van der Waals surface area contributed by atoms with Gasteiger partial charge in [-0.05, 0) is 37.6 Å². The molecule has 1 aliphatic carbocycles. The van der Waals surface area contributed by atoms with Gasteiger partial charge in [0.2, 0.25) is 0 Å². The van der Waals surface area contributed by atoms with Gasteiger partial charge in [-0.25, -0.2) is 0 Å². The number of rotatable bonds is 8. The monoisotopic (exact) mass is 197 g/mol. The second-order valence-corrected chi connectivity index (χ2v) is 5.28. The molecule has 1 N–H and O–H groups in total. The van der Waals surface area contributed by atoms with Crippen molar-refractivity contribution >= 4 is 0 Å². The molecule has 0 bridgehead atoms. The SMILES string of the molecule is CCC(CCCC(C)C)CNC1CC1. The van der Waals surface area contributed by atoms with Crippen molar-refractivity contribution in [3.05, 3.63) is 0 Å². The van der Waals surface area contributed by atoms with Gasteiger partial charge < -0.3 is 5.32 Å². The van der Waals surface area contributed by atoms with E-state index in [0.29, 0.717) is 0 Å². The Kier molecular flexibility index (Phi) is 5.54. The van der Waals surface area contributed by atoms with Crippen molar-refractivity contribution in [1.82, 2.24) is 5.32 Å². The molecule has 0 aromatic heterocycles. The predicted molar refractivity (Wildman–Crippen MR) is 63.5 cm³/mol. The zero-order valence-electron chi connectivity index (χ0n) is 10.2. The molecule has 0 aliphatic heterocycles. The van der Waals surface area contributed by atoms with E-state index < -0.39 is 0 Å². The van der Waals surface area contributed by atoms with Gasteiger partial charge in [0.05, 0.1) is 0 Å². The van der Waals surface area contributed by atoms with Crippen LogP contribution in [-0.4, -0.2) is 12.6 Å². The quantitative estimate of drug-likeness (QED) is 0.627. The Bertz CT molecular complexity index is 138. The Balaban J connectivity index is 1.98. The van der Waals surface area contributed by atoms with Crippen LogP contribution in [0.1, 0.15) is 59.3 Å². The summed E-state index contributed by atoms with van der Waals surface area (Å²) in [5, 5.41) is 3.65. The minimum absolute atomic E-state index is 0.879. The maximum absolute atomic E-state index is 3.65. The largest absolute Gasteiger partial charge is 0.314 e. The highest BCUT2D eigenvalue weighted by atomic mass is 14.9. The van der Waals surface area contributed by atoms with Crippen LogP contribution in [0.15, 0.2) is 0 Å². The van der Waals surface area contributed by atoms with Gasteiger partial charge in [-0.1, -0.05) is 40.0 Å². The van der Waals surface area contributed by atoms with Crippen LogP contribution in [0.4, 0.5) is 0 Å². The highest BCUT2D eigenvalue weighted by molar-refractivity contribution is 4.81. The summed E-state index contributed by atoms with van der Waals surface area (Å²) in [6, 6.07) is 0.883. The lowest BCUT2D eigenvalue weighted by Gasteiger charge is -2.16. The molecule has 1 rings (SSSR count). The van der Waals surface area contributed by atoms with E-state index in [1.165, 1.54) is 45.1 Å². The van der Waals surface area contributed by atoms with Crippen molar-refractivity contribution in [3.8, 4) is 0 Å². The Hall–Kier alpha value is -0.0400. The molecular formula is C13H27N. The summed E-state index contributed by atoms with van der Waals surface area (Å²) in [4.78, 5) is 0. The molecule has 14 heavy (non-hydrogen) atoms. The molecule has 1 nitrogen and oxygen atoms in total. The van der Waals surface area contributed by atoms with Gasteiger partial charge in [0, 0.05) is 6.04 Å². The molecule has 1 atom stereocenters. The van der Waals surface area contributed by atoms with Gasteiger partial charge in [-0.3, -0.25) is 0 Å². The van der Waals surface area contributed by atoms with Crippen LogP contribution in [0.2, 0.25) is 0 Å². The molecule has 0 amide bonds. The number of nitrogens with one attached hydrogen (secondary N) is 1. The number of hydrogen-bond acceptors (Lipinski definition) is 1. The van der Waals surface area contributed by atoms with Gasteiger partial charge in [-0.2, -0.15) is 0 Å². The molecule has 0 spiro atoms. The average molecular weight is 197 g/mol. The summed E-state index contributed by atoms with van der Waals surface area (Å²) in [5.41, 5.74) is 0. The highest BCUT2D eigenvalue weighted by Gasteiger charge is 2.21. The van der Waals surface area contributed by atoms with E-state index >= 15 is 0 Å². The first kappa shape index (κ1) is 12.0. The topological polar surface area (TPSA) is 12.0 Å². The van der Waals surface area contributed by atoms with Crippen LogP contribution in [-0.2, 0) is 0 Å². The van der Waals surface area contributed by atoms with Crippen LogP contribution >= 0.6 is 0 Å². The molecule has 0 aromatic rings. The van der Waals surface area contributed by atoms with Gasteiger partial charge in [0.25, 0.3) is 0 Å². The summed E-state index contributed by atoms with van der Waals surface area (Å²) in [6.07, 6.45) is 8.43. The van der Waals surface area contributed by atoms with Gasteiger partial charge >= 0.3 is 0 Å². The van der Waals surface area contributed by atoms with Crippen molar-refractivity contribution in [3.63, 3.8) is 0 Å². The second kappa shape index (κ2) is 6.44. The van der Waals surface area contributed by atoms with E-state index in [0.717, 1.165) is 17.9 Å². The molecule has 84 valence electrons. The fourth-order valence-electron chi connectivity index (χ4n) is 1.89. The van der Waals surface area contributed by atoms with Crippen LogP contribution in [0.5, 0.6) is 0 Å². The zero-order chi connectivity index (χ0) is 10.4. The van der Waals surface area contributed by atoms with Crippen LogP contribution in [0.25, 0.3) is 0 Å². The highest BCUT2D eigenvalue weighted by Crippen LogP contribution is 2.20. The van der Waals surface area contributed by atoms with Crippen molar-refractivity contribution in [2.24, 2.45) is 11.8 Å². The maximum Gasteiger partial charge on any atom is 0.00683 e. The second-order valence-electron chi connectivity index (χ2n) is 5.28. The molecule has 1 heteroatoms. The third kappa shape index (κ3) is 5.64. The molecule has 1 saturated carbocycles. The van der Waals surface area contributed by atoms with E-state index in [1.54, 1.807) is 0 Å². The van der Waals surface area contributed by atoms with Crippen molar-refractivity contribution in [2.45, 2.75) is 65.3 Å². The molecule has 1 fully saturated rings. The molecule has 0 saturated heterocycles. The lowest BCUT2D eigenvalue weighted by atomic mass is 9.96.